The van der Waals surface area contributed by atoms with E-state index in [1.54, 1.807) is 0 Å². The first-order valence-corrected chi connectivity index (χ1v) is 5.23. The average Bonchev–Trinajstić information content (AvgIpc) is 2.11. The van der Waals surface area contributed by atoms with Crippen LogP contribution in [0.1, 0.15) is 34.6 Å². The van der Waals surface area contributed by atoms with Crippen LogP contribution in [0.25, 0.3) is 0 Å². The van der Waals surface area contributed by atoms with Gasteiger partial charge in [0.15, 0.2) is 0 Å². The van der Waals surface area contributed by atoms with Gasteiger partial charge in [-0.1, -0.05) is 13.8 Å². The van der Waals surface area contributed by atoms with Crippen LogP contribution in [0.15, 0.2) is 0 Å². The number of carbonyl (C=O) groups is 1. The third-order valence-electron chi connectivity index (χ3n) is 2.28. The standard InChI is InChI=1S/C11H23NO2/c1-8(2)7-12(9(3)4)10(5)11(13)14-6/h8-10H,7H2,1-6H3. The smallest absolute Gasteiger partial charge is 0.322 e. The number of methoxy groups -OCH3 is 1. The highest BCUT2D eigenvalue weighted by Gasteiger charge is 2.24. The van der Waals surface area contributed by atoms with Crippen LogP contribution < -0.4 is 0 Å². The van der Waals surface area contributed by atoms with Crippen molar-refractivity contribution in [3.63, 3.8) is 0 Å². The van der Waals surface area contributed by atoms with Gasteiger partial charge in [-0.15, -0.1) is 0 Å². The molecular formula is C11H23NO2. The molecule has 84 valence electrons. The van der Waals surface area contributed by atoms with Gasteiger partial charge in [0.25, 0.3) is 0 Å². The summed E-state index contributed by atoms with van der Waals surface area (Å²) >= 11 is 0. The SMILES string of the molecule is COC(=O)C(C)N(CC(C)C)C(C)C. The molecule has 0 aromatic carbocycles. The molecule has 1 atom stereocenters. The van der Waals surface area contributed by atoms with E-state index in [1.807, 2.05) is 6.92 Å². The fraction of sp³-hybridized carbons (Fsp3) is 0.909. The molecule has 0 aromatic heterocycles. The van der Waals surface area contributed by atoms with Crippen molar-refractivity contribution in [2.45, 2.75) is 46.7 Å². The van der Waals surface area contributed by atoms with Gasteiger partial charge in [-0.2, -0.15) is 0 Å². The minimum Gasteiger partial charge on any atom is -0.468 e. The Labute approximate surface area is 87.4 Å². The number of ether oxygens (including phenoxy) is 1. The van der Waals surface area contributed by atoms with Gasteiger partial charge in [-0.05, 0) is 26.7 Å². The summed E-state index contributed by atoms with van der Waals surface area (Å²) in [7, 11) is 1.44. The maximum Gasteiger partial charge on any atom is 0.322 e. The van der Waals surface area contributed by atoms with E-state index in [2.05, 4.69) is 32.6 Å². The Morgan fingerprint density at radius 1 is 1.21 bits per heavy atom. The normalized spacial score (nSPS) is 13.8. The van der Waals surface area contributed by atoms with Crippen molar-refractivity contribution in [3.05, 3.63) is 0 Å². The molecule has 0 saturated carbocycles. The first-order chi connectivity index (χ1) is 6.40. The summed E-state index contributed by atoms with van der Waals surface area (Å²) in [6.07, 6.45) is 0. The Balaban J connectivity index is 4.40. The summed E-state index contributed by atoms with van der Waals surface area (Å²) in [5.41, 5.74) is 0. The van der Waals surface area contributed by atoms with E-state index in [0.717, 1.165) is 6.54 Å². The summed E-state index contributed by atoms with van der Waals surface area (Å²) in [5.74, 6) is 0.406. The minimum absolute atomic E-state index is 0.151. The first kappa shape index (κ1) is 13.4. The topological polar surface area (TPSA) is 29.5 Å². The van der Waals surface area contributed by atoms with Gasteiger partial charge in [0.05, 0.1) is 7.11 Å². The zero-order valence-corrected chi connectivity index (χ0v) is 10.2. The number of esters is 1. The van der Waals surface area contributed by atoms with E-state index in [1.165, 1.54) is 7.11 Å². The van der Waals surface area contributed by atoms with Gasteiger partial charge in [0, 0.05) is 12.6 Å². The second kappa shape index (κ2) is 6.02. The lowest BCUT2D eigenvalue weighted by Gasteiger charge is -2.32. The van der Waals surface area contributed by atoms with Gasteiger partial charge in [-0.25, -0.2) is 0 Å². The Morgan fingerprint density at radius 3 is 2.00 bits per heavy atom. The van der Waals surface area contributed by atoms with Gasteiger partial charge in [-0.3, -0.25) is 9.69 Å². The zero-order chi connectivity index (χ0) is 11.3. The van der Waals surface area contributed by atoms with Crippen LogP contribution >= 0.6 is 0 Å². The average molecular weight is 201 g/mol. The lowest BCUT2D eigenvalue weighted by atomic mass is 10.1. The van der Waals surface area contributed by atoms with Crippen LogP contribution in [-0.4, -0.2) is 36.6 Å². The molecule has 0 N–H and O–H groups in total. The minimum atomic E-state index is -0.153. The molecule has 0 heterocycles. The van der Waals surface area contributed by atoms with E-state index in [4.69, 9.17) is 4.74 Å². The molecule has 14 heavy (non-hydrogen) atoms. The highest BCUT2D eigenvalue weighted by atomic mass is 16.5. The Morgan fingerprint density at radius 2 is 1.71 bits per heavy atom. The Bertz CT molecular complexity index is 178. The molecule has 0 rings (SSSR count). The zero-order valence-electron chi connectivity index (χ0n) is 10.2. The van der Waals surface area contributed by atoms with E-state index in [9.17, 15) is 4.79 Å². The van der Waals surface area contributed by atoms with Crippen molar-refractivity contribution in [1.29, 1.82) is 0 Å². The van der Waals surface area contributed by atoms with Crippen LogP contribution in [0.2, 0.25) is 0 Å². The third-order valence-corrected chi connectivity index (χ3v) is 2.28. The fourth-order valence-electron chi connectivity index (χ4n) is 1.54. The summed E-state index contributed by atoms with van der Waals surface area (Å²) in [4.78, 5) is 13.5. The van der Waals surface area contributed by atoms with E-state index < -0.39 is 0 Å². The number of hydrogen-bond acceptors (Lipinski definition) is 3. The molecular weight excluding hydrogens is 178 g/mol. The quantitative estimate of drug-likeness (QED) is 0.636. The fourth-order valence-corrected chi connectivity index (χ4v) is 1.54. The number of rotatable bonds is 5. The predicted molar refractivity (Wildman–Crippen MR) is 58.2 cm³/mol. The van der Waals surface area contributed by atoms with Crippen molar-refractivity contribution in [3.8, 4) is 0 Å². The van der Waals surface area contributed by atoms with Crippen molar-refractivity contribution in [2.75, 3.05) is 13.7 Å². The predicted octanol–water partition coefficient (Wildman–Crippen LogP) is 1.91. The summed E-state index contributed by atoms with van der Waals surface area (Å²) < 4.78 is 4.74. The monoisotopic (exact) mass is 201 g/mol. The van der Waals surface area contributed by atoms with Crippen molar-refractivity contribution in [1.82, 2.24) is 4.90 Å². The van der Waals surface area contributed by atoms with Gasteiger partial charge < -0.3 is 4.74 Å². The molecule has 0 aromatic rings. The van der Waals surface area contributed by atoms with E-state index >= 15 is 0 Å². The van der Waals surface area contributed by atoms with E-state index in [-0.39, 0.29) is 12.0 Å². The lowest BCUT2D eigenvalue weighted by Crippen LogP contribution is -2.45. The van der Waals surface area contributed by atoms with Gasteiger partial charge >= 0.3 is 5.97 Å². The lowest BCUT2D eigenvalue weighted by molar-refractivity contribution is -0.147. The largest absolute Gasteiger partial charge is 0.468 e. The molecule has 0 amide bonds. The van der Waals surface area contributed by atoms with Crippen LogP contribution in [0.4, 0.5) is 0 Å². The maximum atomic E-state index is 11.4. The van der Waals surface area contributed by atoms with Crippen LogP contribution in [-0.2, 0) is 9.53 Å². The summed E-state index contributed by atoms with van der Waals surface area (Å²) in [5, 5.41) is 0. The number of hydrogen-bond donors (Lipinski definition) is 0. The highest BCUT2D eigenvalue weighted by Crippen LogP contribution is 2.10. The molecule has 0 aliphatic rings. The highest BCUT2D eigenvalue weighted by molar-refractivity contribution is 5.75. The third kappa shape index (κ3) is 4.09. The molecule has 0 spiro atoms. The first-order valence-electron chi connectivity index (χ1n) is 5.23. The second-order valence-electron chi connectivity index (χ2n) is 4.38. The van der Waals surface area contributed by atoms with E-state index in [0.29, 0.717) is 12.0 Å². The number of nitrogens with zero attached hydrogens (tertiary/aromatic N) is 1. The maximum absolute atomic E-state index is 11.4. The molecule has 0 radical (unpaired) electrons. The Hall–Kier alpha value is -0.570. The summed E-state index contributed by atoms with van der Waals surface area (Å²) in [6.45, 7) is 11.3. The van der Waals surface area contributed by atoms with Crippen molar-refractivity contribution < 1.29 is 9.53 Å². The summed E-state index contributed by atoms with van der Waals surface area (Å²) in [6, 6.07) is 0.217. The van der Waals surface area contributed by atoms with Crippen LogP contribution in [0.5, 0.6) is 0 Å². The number of carbonyl (C=O) groups excluding carboxylic acids is 1. The van der Waals surface area contributed by atoms with Crippen molar-refractivity contribution >= 4 is 5.97 Å². The van der Waals surface area contributed by atoms with Gasteiger partial charge in [0.1, 0.15) is 6.04 Å². The Kier molecular flexibility index (Phi) is 5.77. The molecule has 0 aliphatic heterocycles. The van der Waals surface area contributed by atoms with Crippen LogP contribution in [0, 0.1) is 5.92 Å². The molecule has 0 saturated heterocycles. The molecule has 0 aliphatic carbocycles. The molecule has 0 fully saturated rings. The molecule has 3 heteroatoms. The molecule has 3 nitrogen and oxygen atoms in total. The van der Waals surface area contributed by atoms with Gasteiger partial charge in [0.2, 0.25) is 0 Å². The van der Waals surface area contributed by atoms with Crippen LogP contribution in [0.3, 0.4) is 0 Å². The second-order valence-corrected chi connectivity index (χ2v) is 4.38. The van der Waals surface area contributed by atoms with Crippen molar-refractivity contribution in [2.24, 2.45) is 5.92 Å². The molecule has 0 bridgehead atoms. The molecule has 1 unspecified atom stereocenters.